The van der Waals surface area contributed by atoms with Gasteiger partial charge in [0.2, 0.25) is 5.91 Å². The minimum atomic E-state index is -0.986. The second-order valence-electron chi connectivity index (χ2n) is 7.14. The highest BCUT2D eigenvalue weighted by Crippen LogP contribution is 2.17. The Bertz CT molecular complexity index is 540. The number of hydrogen-bond acceptors (Lipinski definition) is 6. The summed E-state index contributed by atoms with van der Waals surface area (Å²) in [5, 5.41) is 20.2. The molecule has 1 aromatic rings. The van der Waals surface area contributed by atoms with Crippen LogP contribution in [0.15, 0.2) is 24.5 Å². The van der Waals surface area contributed by atoms with Crippen molar-refractivity contribution < 1.29 is 19.7 Å². The Morgan fingerprint density at radius 3 is 2.80 bits per heavy atom. The molecule has 7 nitrogen and oxygen atoms in total. The summed E-state index contributed by atoms with van der Waals surface area (Å²) >= 11 is 0. The van der Waals surface area contributed by atoms with Crippen molar-refractivity contribution in [1.29, 1.82) is 0 Å². The molecule has 2 rings (SSSR count). The SMILES string of the molecule is CC(C)CN(C(=O)CN(C)Cc1cccnc1)[C@@H]1COC[C@@H](O)[C@H]1O. The first-order valence-electron chi connectivity index (χ1n) is 8.69. The van der Waals surface area contributed by atoms with Gasteiger partial charge in [-0.2, -0.15) is 0 Å². The lowest BCUT2D eigenvalue weighted by Crippen LogP contribution is -2.59. The normalized spacial score (nSPS) is 23.9. The topological polar surface area (TPSA) is 86.1 Å². The lowest BCUT2D eigenvalue weighted by atomic mass is 10.0. The maximum Gasteiger partial charge on any atom is 0.237 e. The van der Waals surface area contributed by atoms with E-state index in [1.54, 1.807) is 17.3 Å². The van der Waals surface area contributed by atoms with Crippen molar-refractivity contribution >= 4 is 5.91 Å². The van der Waals surface area contributed by atoms with E-state index >= 15 is 0 Å². The van der Waals surface area contributed by atoms with Gasteiger partial charge in [0, 0.05) is 25.5 Å². The molecular weight excluding hydrogens is 322 g/mol. The summed E-state index contributed by atoms with van der Waals surface area (Å²) in [4.78, 5) is 20.5. The fraction of sp³-hybridized carbons (Fsp3) is 0.667. The molecule has 7 heteroatoms. The van der Waals surface area contributed by atoms with Crippen molar-refractivity contribution in [2.24, 2.45) is 5.92 Å². The quantitative estimate of drug-likeness (QED) is 0.726. The number of rotatable bonds is 7. The average Bonchev–Trinajstić information content (AvgIpc) is 2.56. The lowest BCUT2D eigenvalue weighted by molar-refractivity contribution is -0.158. The van der Waals surface area contributed by atoms with Crippen LogP contribution in [0.5, 0.6) is 0 Å². The van der Waals surface area contributed by atoms with Crippen LogP contribution in [0, 0.1) is 5.92 Å². The molecule has 1 aliphatic heterocycles. The van der Waals surface area contributed by atoms with Crippen LogP contribution in [-0.4, -0.2) is 82.5 Å². The smallest absolute Gasteiger partial charge is 0.237 e. The molecule has 1 amide bonds. The van der Waals surface area contributed by atoms with Gasteiger partial charge in [-0.1, -0.05) is 19.9 Å². The van der Waals surface area contributed by atoms with Crippen molar-refractivity contribution in [3.8, 4) is 0 Å². The van der Waals surface area contributed by atoms with Gasteiger partial charge in [0.05, 0.1) is 25.8 Å². The number of nitrogens with zero attached hydrogens (tertiary/aromatic N) is 3. The molecule has 0 spiro atoms. The molecule has 3 atom stereocenters. The van der Waals surface area contributed by atoms with Crippen LogP contribution in [0.3, 0.4) is 0 Å². The van der Waals surface area contributed by atoms with Crippen LogP contribution >= 0.6 is 0 Å². The van der Waals surface area contributed by atoms with Crippen molar-refractivity contribution in [2.75, 3.05) is 33.4 Å². The monoisotopic (exact) mass is 351 g/mol. The Kier molecular flexibility index (Phi) is 7.31. The molecule has 0 unspecified atom stereocenters. The van der Waals surface area contributed by atoms with E-state index in [-0.39, 0.29) is 31.6 Å². The van der Waals surface area contributed by atoms with Crippen LogP contribution in [0.1, 0.15) is 19.4 Å². The van der Waals surface area contributed by atoms with Gasteiger partial charge >= 0.3 is 0 Å². The van der Waals surface area contributed by atoms with E-state index in [0.717, 1.165) is 5.56 Å². The summed E-state index contributed by atoms with van der Waals surface area (Å²) < 4.78 is 5.35. The Labute approximate surface area is 149 Å². The van der Waals surface area contributed by atoms with E-state index < -0.39 is 18.2 Å². The lowest BCUT2D eigenvalue weighted by Gasteiger charge is -2.40. The van der Waals surface area contributed by atoms with Crippen LogP contribution in [0.2, 0.25) is 0 Å². The number of hydrogen-bond donors (Lipinski definition) is 2. The van der Waals surface area contributed by atoms with Gasteiger partial charge in [-0.05, 0) is 24.6 Å². The zero-order valence-electron chi connectivity index (χ0n) is 15.2. The Hall–Kier alpha value is -1.54. The van der Waals surface area contributed by atoms with Crippen LogP contribution < -0.4 is 0 Å². The Morgan fingerprint density at radius 1 is 1.40 bits per heavy atom. The van der Waals surface area contributed by atoms with Crippen LogP contribution in [-0.2, 0) is 16.1 Å². The third-order valence-corrected chi connectivity index (χ3v) is 4.23. The number of likely N-dealkylation sites (N-methyl/N-ethyl adjacent to an activating group) is 1. The van der Waals surface area contributed by atoms with E-state index in [4.69, 9.17) is 4.74 Å². The number of amides is 1. The fourth-order valence-electron chi connectivity index (χ4n) is 3.03. The summed E-state index contributed by atoms with van der Waals surface area (Å²) in [5.74, 6) is 0.167. The number of aromatic nitrogens is 1. The molecule has 0 radical (unpaired) electrons. The molecule has 1 fully saturated rings. The summed E-state index contributed by atoms with van der Waals surface area (Å²) in [6.45, 7) is 5.73. The predicted molar refractivity (Wildman–Crippen MR) is 93.7 cm³/mol. The standard InChI is InChI=1S/C18H29N3O4/c1-13(2)8-21(15-11-25-12-16(22)18(15)24)17(23)10-20(3)9-14-5-4-6-19-7-14/h4-7,13,15-16,18,22,24H,8-12H2,1-3H3/t15-,16-,18+/m1/s1. The molecule has 140 valence electrons. The molecular formula is C18H29N3O4. The largest absolute Gasteiger partial charge is 0.388 e. The van der Waals surface area contributed by atoms with Crippen molar-refractivity contribution in [3.05, 3.63) is 30.1 Å². The minimum Gasteiger partial charge on any atom is -0.388 e. The first kappa shape index (κ1) is 19.8. The van der Waals surface area contributed by atoms with Crippen LogP contribution in [0.4, 0.5) is 0 Å². The van der Waals surface area contributed by atoms with Gasteiger partial charge in [0.25, 0.3) is 0 Å². The zero-order chi connectivity index (χ0) is 18.4. The van der Waals surface area contributed by atoms with Crippen molar-refractivity contribution in [2.45, 2.75) is 38.6 Å². The van der Waals surface area contributed by atoms with E-state index in [1.165, 1.54) is 0 Å². The second-order valence-corrected chi connectivity index (χ2v) is 7.14. The Balaban J connectivity index is 2.02. The van der Waals surface area contributed by atoms with E-state index in [2.05, 4.69) is 4.98 Å². The van der Waals surface area contributed by atoms with Gasteiger partial charge in [-0.15, -0.1) is 0 Å². The van der Waals surface area contributed by atoms with Crippen molar-refractivity contribution in [1.82, 2.24) is 14.8 Å². The molecule has 2 N–H and O–H groups in total. The summed E-state index contributed by atoms with van der Waals surface area (Å²) in [6, 6.07) is 3.31. The highest BCUT2D eigenvalue weighted by molar-refractivity contribution is 5.78. The zero-order valence-corrected chi connectivity index (χ0v) is 15.2. The fourth-order valence-corrected chi connectivity index (χ4v) is 3.03. The van der Waals surface area contributed by atoms with Gasteiger partial charge in [0.15, 0.2) is 0 Å². The summed E-state index contributed by atoms with van der Waals surface area (Å²) in [6.07, 6.45) is 1.55. The maximum absolute atomic E-state index is 12.9. The molecule has 0 aromatic carbocycles. The molecule has 25 heavy (non-hydrogen) atoms. The summed E-state index contributed by atoms with van der Waals surface area (Å²) in [5.41, 5.74) is 1.03. The number of pyridine rings is 1. The minimum absolute atomic E-state index is 0.0816. The number of carbonyl (C=O) groups is 1. The Morgan fingerprint density at radius 2 is 2.16 bits per heavy atom. The summed E-state index contributed by atoms with van der Waals surface area (Å²) in [7, 11) is 1.88. The molecule has 1 aromatic heterocycles. The first-order chi connectivity index (χ1) is 11.9. The molecule has 1 aliphatic rings. The van der Waals surface area contributed by atoms with Crippen molar-refractivity contribution in [3.63, 3.8) is 0 Å². The predicted octanol–water partition coefficient (Wildman–Crippen LogP) is 0.119. The molecule has 0 saturated carbocycles. The van der Waals surface area contributed by atoms with E-state index in [1.807, 2.05) is 37.9 Å². The van der Waals surface area contributed by atoms with Gasteiger partial charge in [0.1, 0.15) is 12.2 Å². The maximum atomic E-state index is 12.9. The van der Waals surface area contributed by atoms with E-state index in [0.29, 0.717) is 13.1 Å². The first-order valence-corrected chi connectivity index (χ1v) is 8.69. The van der Waals surface area contributed by atoms with Gasteiger partial charge < -0.3 is 19.8 Å². The average molecular weight is 351 g/mol. The highest BCUT2D eigenvalue weighted by atomic mass is 16.5. The number of ether oxygens (including phenoxy) is 1. The molecule has 1 saturated heterocycles. The highest BCUT2D eigenvalue weighted by Gasteiger charge is 2.37. The number of carbonyl (C=O) groups excluding carboxylic acids is 1. The van der Waals surface area contributed by atoms with E-state index in [9.17, 15) is 15.0 Å². The third-order valence-electron chi connectivity index (χ3n) is 4.23. The number of aliphatic hydroxyl groups is 2. The third kappa shape index (κ3) is 5.74. The van der Waals surface area contributed by atoms with Gasteiger partial charge in [-0.3, -0.25) is 14.7 Å². The number of aliphatic hydroxyl groups excluding tert-OH is 2. The molecule has 0 bridgehead atoms. The molecule has 2 heterocycles. The molecule has 0 aliphatic carbocycles. The second kappa shape index (κ2) is 9.24. The van der Waals surface area contributed by atoms with Gasteiger partial charge in [-0.25, -0.2) is 0 Å². The van der Waals surface area contributed by atoms with Crippen LogP contribution in [0.25, 0.3) is 0 Å².